The Morgan fingerprint density at radius 2 is 1.88 bits per heavy atom. The monoisotopic (exact) mass is 478 g/mol. The van der Waals surface area contributed by atoms with Gasteiger partial charge in [0, 0.05) is 51.5 Å². The molecule has 180 valence electrons. The van der Waals surface area contributed by atoms with E-state index in [4.69, 9.17) is 9.26 Å². The molecule has 2 aromatic rings. The van der Waals surface area contributed by atoms with Crippen molar-refractivity contribution in [2.24, 2.45) is 0 Å². The van der Waals surface area contributed by atoms with Crippen LogP contribution in [0.2, 0.25) is 0 Å². The lowest BCUT2D eigenvalue weighted by molar-refractivity contribution is -0.121. The molecule has 11 nitrogen and oxygen atoms in total. The second-order valence-corrected chi connectivity index (χ2v) is 10.1. The van der Waals surface area contributed by atoms with Crippen molar-refractivity contribution < 1.29 is 22.5 Å². The van der Waals surface area contributed by atoms with Crippen LogP contribution in [0.4, 0.5) is 11.6 Å². The maximum Gasteiger partial charge on any atom is 0.244 e. The molecule has 1 unspecified atom stereocenters. The highest BCUT2D eigenvalue weighted by Crippen LogP contribution is 2.21. The first-order chi connectivity index (χ1) is 15.9. The minimum absolute atomic E-state index is 0.102. The molecule has 2 aliphatic rings. The zero-order valence-corrected chi connectivity index (χ0v) is 19.8. The van der Waals surface area contributed by atoms with Gasteiger partial charge in [0.15, 0.2) is 5.82 Å². The molecule has 0 radical (unpaired) electrons. The summed E-state index contributed by atoms with van der Waals surface area (Å²) in [4.78, 5) is 21.6. The van der Waals surface area contributed by atoms with E-state index in [-0.39, 0.29) is 16.8 Å². The Morgan fingerprint density at radius 1 is 1.15 bits per heavy atom. The fourth-order valence-electron chi connectivity index (χ4n) is 4.16. The van der Waals surface area contributed by atoms with Crippen molar-refractivity contribution in [3.8, 4) is 0 Å². The van der Waals surface area contributed by atoms with E-state index in [2.05, 4.69) is 25.3 Å². The number of amides is 1. The van der Waals surface area contributed by atoms with Gasteiger partial charge in [0.05, 0.1) is 19.3 Å². The fourth-order valence-corrected chi connectivity index (χ4v) is 5.51. The molecule has 0 aliphatic carbocycles. The molecule has 2 aliphatic heterocycles. The third kappa shape index (κ3) is 5.35. The maximum atomic E-state index is 12.8. The summed E-state index contributed by atoms with van der Waals surface area (Å²) in [6.07, 6.45) is 2.10. The number of rotatable bonds is 7. The van der Waals surface area contributed by atoms with Crippen LogP contribution < -0.4 is 10.2 Å². The van der Waals surface area contributed by atoms with E-state index in [1.165, 1.54) is 10.5 Å². The summed E-state index contributed by atoms with van der Waals surface area (Å²) in [7, 11) is -3.56. The molecule has 0 saturated carbocycles. The lowest BCUT2D eigenvalue weighted by atomic mass is 10.1. The number of carbonyl (C=O) groups excluding carboxylic acids is 1. The van der Waals surface area contributed by atoms with Crippen LogP contribution in [0.5, 0.6) is 0 Å². The van der Waals surface area contributed by atoms with Crippen LogP contribution in [0, 0.1) is 6.92 Å². The molecule has 2 saturated heterocycles. The summed E-state index contributed by atoms with van der Waals surface area (Å²) < 4.78 is 37.3. The number of sulfonamides is 1. The van der Waals surface area contributed by atoms with Crippen molar-refractivity contribution in [3.63, 3.8) is 0 Å². The lowest BCUT2D eigenvalue weighted by Crippen LogP contribution is -2.53. The predicted octanol–water partition coefficient (Wildman–Crippen LogP) is 0.938. The van der Waals surface area contributed by atoms with E-state index >= 15 is 0 Å². The van der Waals surface area contributed by atoms with Crippen LogP contribution >= 0.6 is 0 Å². The number of nitrogens with zero attached hydrogens (tertiary/aromatic N) is 5. The van der Waals surface area contributed by atoms with Crippen molar-refractivity contribution in [1.82, 2.24) is 19.3 Å². The summed E-state index contributed by atoms with van der Waals surface area (Å²) in [5, 5.41) is 6.65. The van der Waals surface area contributed by atoms with Crippen molar-refractivity contribution in [1.29, 1.82) is 0 Å². The minimum atomic E-state index is -3.56. The highest BCUT2D eigenvalue weighted by molar-refractivity contribution is 7.89. The zero-order valence-electron chi connectivity index (χ0n) is 18.9. The third-order valence-electron chi connectivity index (χ3n) is 5.98. The third-order valence-corrected chi connectivity index (χ3v) is 7.86. The molecule has 33 heavy (non-hydrogen) atoms. The van der Waals surface area contributed by atoms with Crippen LogP contribution in [-0.2, 0) is 19.6 Å². The first-order valence-corrected chi connectivity index (χ1v) is 12.6. The van der Waals surface area contributed by atoms with E-state index < -0.39 is 10.0 Å². The second kappa shape index (κ2) is 10.2. The van der Waals surface area contributed by atoms with Gasteiger partial charge in [-0.1, -0.05) is 12.1 Å². The molecule has 4 rings (SSSR count). The molecular weight excluding hydrogens is 448 g/mol. The Morgan fingerprint density at radius 3 is 2.45 bits per heavy atom. The maximum absolute atomic E-state index is 12.8. The van der Waals surface area contributed by atoms with E-state index in [1.807, 2.05) is 6.92 Å². The number of nitrogens with one attached hydrogen (secondary N) is 1. The average Bonchev–Trinajstić information content (AvgIpc) is 3.25. The Bertz CT molecular complexity index is 1040. The molecule has 1 amide bonds. The molecule has 0 spiro atoms. The Kier molecular flexibility index (Phi) is 7.27. The standard InChI is InChI=1S/C21H30N6O5S/c1-3-18(21(28)23-19-14-16(2)32-24-19)25-6-8-26(9-7-25)20-5-4-17(15-22-20)33(29,30)27-10-12-31-13-11-27/h4-5,14-15,18H,3,6-13H2,1-2H3,(H,23,24,28). The van der Waals surface area contributed by atoms with Crippen molar-refractivity contribution in [3.05, 3.63) is 30.2 Å². The number of ether oxygens (including phenoxy) is 1. The largest absolute Gasteiger partial charge is 0.379 e. The molecule has 12 heteroatoms. The number of aromatic nitrogens is 2. The Labute approximate surface area is 193 Å². The molecular formula is C21H30N6O5S. The highest BCUT2D eigenvalue weighted by atomic mass is 32.2. The number of anilines is 2. The van der Waals surface area contributed by atoms with Gasteiger partial charge in [-0.3, -0.25) is 9.69 Å². The number of carbonyl (C=O) groups is 1. The Balaban J connectivity index is 1.34. The molecule has 0 aromatic carbocycles. The minimum Gasteiger partial charge on any atom is -0.379 e. The average molecular weight is 479 g/mol. The molecule has 4 heterocycles. The van der Waals surface area contributed by atoms with Crippen LogP contribution in [0.3, 0.4) is 0 Å². The van der Waals surface area contributed by atoms with Gasteiger partial charge in [0.2, 0.25) is 15.9 Å². The summed E-state index contributed by atoms with van der Waals surface area (Å²) in [6, 6.07) is 4.79. The van der Waals surface area contributed by atoms with Gasteiger partial charge in [-0.25, -0.2) is 13.4 Å². The zero-order chi connectivity index (χ0) is 23.4. The highest BCUT2D eigenvalue weighted by Gasteiger charge is 2.30. The van der Waals surface area contributed by atoms with Gasteiger partial charge in [0.25, 0.3) is 0 Å². The van der Waals surface area contributed by atoms with Gasteiger partial charge in [0.1, 0.15) is 16.5 Å². The predicted molar refractivity (Wildman–Crippen MR) is 122 cm³/mol. The van der Waals surface area contributed by atoms with Gasteiger partial charge in [-0.05, 0) is 25.5 Å². The van der Waals surface area contributed by atoms with Gasteiger partial charge in [-0.15, -0.1) is 0 Å². The fraction of sp³-hybridized carbons (Fsp3) is 0.571. The van der Waals surface area contributed by atoms with E-state index in [0.717, 1.165) is 5.82 Å². The number of hydrogen-bond acceptors (Lipinski definition) is 9. The van der Waals surface area contributed by atoms with Crippen LogP contribution in [0.1, 0.15) is 19.1 Å². The summed E-state index contributed by atoms with van der Waals surface area (Å²) in [5.74, 6) is 1.69. The van der Waals surface area contributed by atoms with Crippen molar-refractivity contribution >= 4 is 27.6 Å². The molecule has 1 N–H and O–H groups in total. The van der Waals surface area contributed by atoms with E-state index in [0.29, 0.717) is 70.5 Å². The first kappa shape index (κ1) is 23.6. The van der Waals surface area contributed by atoms with E-state index in [1.54, 1.807) is 25.1 Å². The number of hydrogen-bond donors (Lipinski definition) is 1. The number of piperazine rings is 1. The Hall–Kier alpha value is -2.54. The first-order valence-electron chi connectivity index (χ1n) is 11.2. The molecule has 2 aromatic heterocycles. The summed E-state index contributed by atoms with van der Waals surface area (Å²) >= 11 is 0. The lowest BCUT2D eigenvalue weighted by Gasteiger charge is -2.38. The van der Waals surface area contributed by atoms with Gasteiger partial charge in [-0.2, -0.15) is 4.31 Å². The number of morpholine rings is 1. The second-order valence-electron chi connectivity index (χ2n) is 8.13. The van der Waals surface area contributed by atoms with Gasteiger partial charge < -0.3 is 19.5 Å². The van der Waals surface area contributed by atoms with Crippen LogP contribution in [0.15, 0.2) is 33.8 Å². The van der Waals surface area contributed by atoms with Gasteiger partial charge >= 0.3 is 0 Å². The SMILES string of the molecule is CCC(C(=O)Nc1cc(C)on1)N1CCN(c2ccc(S(=O)(=O)N3CCOCC3)cn2)CC1. The van der Waals surface area contributed by atoms with Crippen LogP contribution in [0.25, 0.3) is 0 Å². The number of aryl methyl sites for hydroxylation is 1. The van der Waals surface area contributed by atoms with Crippen LogP contribution in [-0.4, -0.2) is 92.2 Å². The van der Waals surface area contributed by atoms with Crippen molar-refractivity contribution in [2.75, 3.05) is 62.7 Å². The topological polar surface area (TPSA) is 121 Å². The quantitative estimate of drug-likeness (QED) is 0.620. The summed E-state index contributed by atoms with van der Waals surface area (Å²) in [5.41, 5.74) is 0. The molecule has 0 bridgehead atoms. The number of pyridine rings is 1. The molecule has 1 atom stereocenters. The van der Waals surface area contributed by atoms with E-state index in [9.17, 15) is 13.2 Å². The smallest absolute Gasteiger partial charge is 0.244 e. The molecule has 2 fully saturated rings. The summed E-state index contributed by atoms with van der Waals surface area (Å²) in [6.45, 7) is 8.05. The normalized spacial score (nSPS) is 19.4. The van der Waals surface area contributed by atoms with Crippen molar-refractivity contribution in [2.45, 2.75) is 31.2 Å².